The van der Waals surface area contributed by atoms with Crippen LogP contribution in [0.3, 0.4) is 0 Å². The first-order chi connectivity index (χ1) is 15.9. The highest BCUT2D eigenvalue weighted by molar-refractivity contribution is 7.90. The van der Waals surface area contributed by atoms with Gasteiger partial charge in [0, 0.05) is 23.7 Å². The number of carbonyl (C=O) groups excluding carboxylic acids is 1. The first-order valence-electron chi connectivity index (χ1n) is 12.2. The van der Waals surface area contributed by atoms with E-state index in [0.29, 0.717) is 37.4 Å². The molecule has 0 aromatic heterocycles. The van der Waals surface area contributed by atoms with Crippen molar-refractivity contribution < 1.29 is 23.1 Å². The van der Waals surface area contributed by atoms with E-state index in [1.54, 1.807) is 12.1 Å². The SMILES string of the molecule is C=C(C)C1(O)CCC2CCC=C2C2=C1C1(C)COC(c3ccc(S(C)(=O)=O)cc3)CC1CC2=O. The van der Waals surface area contributed by atoms with Gasteiger partial charge in [0.25, 0.3) is 0 Å². The Balaban J connectivity index is 1.55. The molecule has 0 bridgehead atoms. The van der Waals surface area contributed by atoms with Crippen LogP contribution < -0.4 is 0 Å². The fraction of sp³-hybridized carbons (Fsp3) is 0.536. The van der Waals surface area contributed by atoms with Gasteiger partial charge in [0.1, 0.15) is 5.60 Å². The number of fused-ring (bicyclic) bond motifs is 4. The van der Waals surface area contributed by atoms with Crippen LogP contribution in [-0.4, -0.2) is 37.8 Å². The summed E-state index contributed by atoms with van der Waals surface area (Å²) in [5, 5.41) is 12.0. The van der Waals surface area contributed by atoms with Crippen molar-refractivity contribution in [2.75, 3.05) is 12.9 Å². The fourth-order valence-corrected chi connectivity index (χ4v) is 7.39. The fourth-order valence-electron chi connectivity index (χ4n) is 6.76. The number of aliphatic hydroxyl groups is 1. The predicted octanol–water partition coefficient (Wildman–Crippen LogP) is 4.88. The second-order valence-electron chi connectivity index (χ2n) is 11.0. The predicted molar refractivity (Wildman–Crippen MR) is 131 cm³/mol. The van der Waals surface area contributed by atoms with Crippen molar-refractivity contribution in [2.24, 2.45) is 17.3 Å². The average molecular weight is 483 g/mol. The molecule has 5 nitrogen and oxygen atoms in total. The number of benzene rings is 1. The van der Waals surface area contributed by atoms with Crippen molar-refractivity contribution in [3.63, 3.8) is 0 Å². The molecule has 1 heterocycles. The molecule has 1 aliphatic heterocycles. The number of allylic oxidation sites excluding steroid dienone is 3. The molecule has 0 saturated carbocycles. The van der Waals surface area contributed by atoms with Crippen LogP contribution in [0.2, 0.25) is 0 Å². The van der Waals surface area contributed by atoms with Crippen molar-refractivity contribution in [3.05, 3.63) is 64.8 Å². The van der Waals surface area contributed by atoms with Gasteiger partial charge in [-0.1, -0.05) is 31.7 Å². The zero-order chi connectivity index (χ0) is 24.5. The largest absolute Gasteiger partial charge is 0.381 e. The Hall–Kier alpha value is -2.02. The minimum absolute atomic E-state index is 0.0245. The maximum atomic E-state index is 13.7. The highest BCUT2D eigenvalue weighted by Gasteiger charge is 2.57. The molecule has 182 valence electrons. The average Bonchev–Trinajstić information content (AvgIpc) is 3.19. The summed E-state index contributed by atoms with van der Waals surface area (Å²) in [6, 6.07) is 6.85. The standard InChI is InChI=1S/C28H34O5S/c1-17(2)28(30)13-12-18-6-5-7-22(18)25-23(29)14-20-15-24(33-16-27(20,3)26(25)28)19-8-10-21(11-9-19)34(4,31)32/h7-11,18,20,24,30H,1,5-6,12-16H2,2-4H3. The molecule has 0 radical (unpaired) electrons. The number of sulfone groups is 1. The minimum Gasteiger partial charge on any atom is -0.381 e. The summed E-state index contributed by atoms with van der Waals surface area (Å²) in [6.45, 7) is 8.57. The van der Waals surface area contributed by atoms with Crippen LogP contribution in [0.15, 0.2) is 64.1 Å². The number of rotatable bonds is 3. The van der Waals surface area contributed by atoms with E-state index >= 15 is 0 Å². The monoisotopic (exact) mass is 482 g/mol. The molecule has 6 heteroatoms. The molecule has 34 heavy (non-hydrogen) atoms. The topological polar surface area (TPSA) is 80.7 Å². The third-order valence-electron chi connectivity index (χ3n) is 8.78. The lowest BCUT2D eigenvalue weighted by Crippen LogP contribution is -2.52. The van der Waals surface area contributed by atoms with Crippen LogP contribution in [0.5, 0.6) is 0 Å². The van der Waals surface area contributed by atoms with E-state index in [2.05, 4.69) is 19.6 Å². The van der Waals surface area contributed by atoms with Gasteiger partial charge in [-0.25, -0.2) is 8.42 Å². The van der Waals surface area contributed by atoms with Crippen molar-refractivity contribution in [1.82, 2.24) is 0 Å². The van der Waals surface area contributed by atoms with Crippen molar-refractivity contribution in [2.45, 2.75) is 69.0 Å². The van der Waals surface area contributed by atoms with Gasteiger partial charge in [-0.3, -0.25) is 4.79 Å². The third-order valence-corrected chi connectivity index (χ3v) is 9.91. The molecule has 1 aromatic carbocycles. The molecule has 0 spiro atoms. The van der Waals surface area contributed by atoms with Crippen molar-refractivity contribution in [3.8, 4) is 0 Å². The Kier molecular flexibility index (Phi) is 5.58. The van der Waals surface area contributed by atoms with Gasteiger partial charge in [-0.15, -0.1) is 0 Å². The Labute approximate surface area is 202 Å². The lowest BCUT2D eigenvalue weighted by atomic mass is 9.56. The number of carbonyl (C=O) groups is 1. The van der Waals surface area contributed by atoms with Crippen LogP contribution in [0.4, 0.5) is 0 Å². The molecule has 5 rings (SSSR count). The first-order valence-corrected chi connectivity index (χ1v) is 14.1. The van der Waals surface area contributed by atoms with E-state index in [1.165, 1.54) is 6.26 Å². The lowest BCUT2D eigenvalue weighted by Gasteiger charge is -2.53. The highest BCUT2D eigenvalue weighted by Crippen LogP contribution is 2.60. The molecule has 1 saturated heterocycles. The Morgan fingerprint density at radius 1 is 1.21 bits per heavy atom. The summed E-state index contributed by atoms with van der Waals surface area (Å²) in [6.07, 6.45) is 7.72. The summed E-state index contributed by atoms with van der Waals surface area (Å²) in [4.78, 5) is 14.0. The van der Waals surface area contributed by atoms with Gasteiger partial charge >= 0.3 is 0 Å². The van der Waals surface area contributed by atoms with Crippen molar-refractivity contribution >= 4 is 15.6 Å². The maximum absolute atomic E-state index is 13.7. The van der Waals surface area contributed by atoms with Crippen LogP contribution in [0, 0.1) is 17.3 Å². The molecule has 3 aliphatic carbocycles. The van der Waals surface area contributed by atoms with Crippen molar-refractivity contribution in [1.29, 1.82) is 0 Å². The normalized spacial score (nSPS) is 35.7. The molecule has 5 unspecified atom stereocenters. The zero-order valence-corrected chi connectivity index (χ0v) is 21.1. The first kappa shape index (κ1) is 23.7. The Bertz CT molecular complexity index is 1220. The van der Waals surface area contributed by atoms with E-state index in [-0.39, 0.29) is 22.7 Å². The minimum atomic E-state index is -3.26. The summed E-state index contributed by atoms with van der Waals surface area (Å²) in [5.41, 5.74) is 2.63. The van der Waals surface area contributed by atoms with Crippen LogP contribution in [0.25, 0.3) is 0 Å². The number of hydrogen-bond donors (Lipinski definition) is 1. The molecular formula is C28H34O5S. The molecule has 5 atom stereocenters. The van der Waals surface area contributed by atoms with Gasteiger partial charge < -0.3 is 9.84 Å². The molecule has 4 aliphatic rings. The van der Waals surface area contributed by atoms with E-state index < -0.39 is 20.9 Å². The van der Waals surface area contributed by atoms with E-state index in [1.807, 2.05) is 19.1 Å². The maximum Gasteiger partial charge on any atom is 0.175 e. The van der Waals surface area contributed by atoms with Gasteiger partial charge in [-0.05, 0) is 85.3 Å². The van der Waals surface area contributed by atoms with E-state index in [4.69, 9.17) is 4.74 Å². The van der Waals surface area contributed by atoms with Gasteiger partial charge in [0.2, 0.25) is 0 Å². The quantitative estimate of drug-likeness (QED) is 0.621. The molecule has 1 N–H and O–H groups in total. The third kappa shape index (κ3) is 3.57. The van der Waals surface area contributed by atoms with E-state index in [0.717, 1.165) is 41.5 Å². The molecule has 1 aromatic rings. The number of hydrogen-bond acceptors (Lipinski definition) is 5. The smallest absolute Gasteiger partial charge is 0.175 e. The molecular weight excluding hydrogens is 448 g/mol. The lowest BCUT2D eigenvalue weighted by molar-refractivity contribution is -0.128. The Morgan fingerprint density at radius 3 is 2.56 bits per heavy atom. The molecule has 0 amide bonds. The number of Topliss-reactive ketones (excluding diaryl/α,β-unsaturated/α-hetero) is 1. The highest BCUT2D eigenvalue weighted by atomic mass is 32.2. The molecule has 1 fully saturated rings. The second kappa shape index (κ2) is 8.00. The van der Waals surface area contributed by atoms with Crippen LogP contribution in [-0.2, 0) is 19.4 Å². The summed E-state index contributed by atoms with van der Waals surface area (Å²) >= 11 is 0. The van der Waals surface area contributed by atoms with Gasteiger partial charge in [0.15, 0.2) is 15.6 Å². The van der Waals surface area contributed by atoms with Gasteiger partial charge in [-0.2, -0.15) is 0 Å². The van der Waals surface area contributed by atoms with E-state index in [9.17, 15) is 18.3 Å². The number of ether oxygens (including phenoxy) is 1. The summed E-state index contributed by atoms with van der Waals surface area (Å²) in [5.74, 6) is 0.481. The Morgan fingerprint density at radius 2 is 1.91 bits per heavy atom. The zero-order valence-electron chi connectivity index (χ0n) is 20.3. The number of ketones is 1. The summed E-state index contributed by atoms with van der Waals surface area (Å²) in [7, 11) is -3.26. The van der Waals surface area contributed by atoms with Crippen LogP contribution >= 0.6 is 0 Å². The van der Waals surface area contributed by atoms with Gasteiger partial charge in [0.05, 0.1) is 17.6 Å². The second-order valence-corrected chi connectivity index (χ2v) is 13.0. The van der Waals surface area contributed by atoms with Crippen LogP contribution in [0.1, 0.15) is 64.0 Å². The summed E-state index contributed by atoms with van der Waals surface area (Å²) < 4.78 is 30.1.